The van der Waals surface area contributed by atoms with Crippen molar-refractivity contribution < 1.29 is 4.79 Å². The van der Waals surface area contributed by atoms with Gasteiger partial charge in [-0.25, -0.2) is 4.98 Å². The van der Waals surface area contributed by atoms with Gasteiger partial charge in [0.2, 0.25) is 0 Å². The molecule has 1 aromatic heterocycles. The predicted octanol–water partition coefficient (Wildman–Crippen LogP) is 3.90. The van der Waals surface area contributed by atoms with Crippen molar-refractivity contribution in [1.82, 2.24) is 4.98 Å². The largest absolute Gasteiger partial charge is 0.373 e. The van der Waals surface area contributed by atoms with E-state index in [0.717, 1.165) is 14.6 Å². The standard InChI is InChI=1S/C13H11Br2N3O/c1-16-12-6-8(4-5-17-12)13(19)18-11-3-2-9(14)7-10(11)15/h2-7H,1H3,(H,16,17)(H,18,19). The molecule has 0 aliphatic heterocycles. The smallest absolute Gasteiger partial charge is 0.255 e. The number of aromatic nitrogens is 1. The quantitative estimate of drug-likeness (QED) is 0.843. The molecule has 2 N–H and O–H groups in total. The maximum atomic E-state index is 12.1. The van der Waals surface area contributed by atoms with Gasteiger partial charge in [0.15, 0.2) is 0 Å². The maximum Gasteiger partial charge on any atom is 0.255 e. The summed E-state index contributed by atoms with van der Waals surface area (Å²) in [6.45, 7) is 0. The Labute approximate surface area is 127 Å². The van der Waals surface area contributed by atoms with Gasteiger partial charge in [-0.2, -0.15) is 0 Å². The second-order valence-corrected chi connectivity index (χ2v) is 5.53. The molecule has 0 fully saturated rings. The van der Waals surface area contributed by atoms with E-state index in [4.69, 9.17) is 0 Å². The molecule has 19 heavy (non-hydrogen) atoms. The molecular weight excluding hydrogens is 374 g/mol. The van der Waals surface area contributed by atoms with Gasteiger partial charge in [0.05, 0.1) is 5.69 Å². The van der Waals surface area contributed by atoms with Crippen LogP contribution in [0, 0.1) is 0 Å². The van der Waals surface area contributed by atoms with E-state index in [0.29, 0.717) is 11.4 Å². The normalized spacial score (nSPS) is 10.1. The van der Waals surface area contributed by atoms with E-state index in [1.165, 1.54) is 0 Å². The van der Waals surface area contributed by atoms with Gasteiger partial charge in [-0.15, -0.1) is 0 Å². The Bertz CT molecular complexity index is 617. The summed E-state index contributed by atoms with van der Waals surface area (Å²) in [4.78, 5) is 16.2. The van der Waals surface area contributed by atoms with Gasteiger partial charge in [-0.05, 0) is 46.3 Å². The number of benzene rings is 1. The zero-order chi connectivity index (χ0) is 13.8. The minimum atomic E-state index is -0.179. The average molecular weight is 385 g/mol. The highest BCUT2D eigenvalue weighted by molar-refractivity contribution is 9.11. The first-order valence-electron chi connectivity index (χ1n) is 5.50. The highest BCUT2D eigenvalue weighted by Gasteiger charge is 2.09. The minimum Gasteiger partial charge on any atom is -0.373 e. The van der Waals surface area contributed by atoms with Crippen molar-refractivity contribution in [2.24, 2.45) is 0 Å². The van der Waals surface area contributed by atoms with E-state index >= 15 is 0 Å². The van der Waals surface area contributed by atoms with E-state index in [-0.39, 0.29) is 5.91 Å². The second kappa shape index (κ2) is 6.16. The number of carbonyl (C=O) groups is 1. The summed E-state index contributed by atoms with van der Waals surface area (Å²) in [6.07, 6.45) is 1.59. The molecule has 2 aromatic rings. The van der Waals surface area contributed by atoms with Gasteiger partial charge >= 0.3 is 0 Å². The molecule has 6 heteroatoms. The van der Waals surface area contributed by atoms with Crippen LogP contribution in [0.2, 0.25) is 0 Å². The summed E-state index contributed by atoms with van der Waals surface area (Å²) in [5.74, 6) is 0.476. The SMILES string of the molecule is CNc1cc(C(=O)Nc2ccc(Br)cc2Br)ccn1. The van der Waals surface area contributed by atoms with Gasteiger partial charge < -0.3 is 10.6 Å². The summed E-state index contributed by atoms with van der Waals surface area (Å²) in [5.41, 5.74) is 1.27. The van der Waals surface area contributed by atoms with Crippen molar-refractivity contribution in [3.63, 3.8) is 0 Å². The van der Waals surface area contributed by atoms with Crippen molar-refractivity contribution in [3.05, 3.63) is 51.0 Å². The van der Waals surface area contributed by atoms with Crippen LogP contribution in [0.4, 0.5) is 11.5 Å². The Kier molecular flexibility index (Phi) is 4.55. The number of nitrogens with zero attached hydrogens (tertiary/aromatic N) is 1. The highest BCUT2D eigenvalue weighted by atomic mass is 79.9. The first-order valence-corrected chi connectivity index (χ1v) is 7.09. The fourth-order valence-corrected chi connectivity index (χ4v) is 2.64. The Morgan fingerprint density at radius 3 is 2.68 bits per heavy atom. The Hall–Kier alpha value is -1.40. The van der Waals surface area contributed by atoms with Crippen molar-refractivity contribution in [1.29, 1.82) is 0 Å². The lowest BCUT2D eigenvalue weighted by atomic mass is 10.2. The molecule has 0 aliphatic carbocycles. The molecular formula is C13H11Br2N3O. The molecule has 2 rings (SSSR count). The third-order valence-electron chi connectivity index (χ3n) is 2.46. The lowest BCUT2D eigenvalue weighted by Crippen LogP contribution is -2.12. The lowest BCUT2D eigenvalue weighted by molar-refractivity contribution is 0.102. The molecule has 1 heterocycles. The van der Waals surface area contributed by atoms with Gasteiger partial charge in [-0.1, -0.05) is 15.9 Å². The molecule has 1 aromatic carbocycles. The van der Waals surface area contributed by atoms with Gasteiger partial charge in [0, 0.05) is 27.8 Å². The molecule has 0 aliphatic rings. The summed E-state index contributed by atoms with van der Waals surface area (Å²) < 4.78 is 1.76. The molecule has 0 saturated carbocycles. The van der Waals surface area contributed by atoms with E-state index < -0.39 is 0 Å². The van der Waals surface area contributed by atoms with Gasteiger partial charge in [-0.3, -0.25) is 4.79 Å². The Morgan fingerprint density at radius 2 is 2.00 bits per heavy atom. The van der Waals surface area contributed by atoms with E-state index in [9.17, 15) is 4.79 Å². The first kappa shape index (κ1) is 14.0. The fraction of sp³-hybridized carbons (Fsp3) is 0.0769. The van der Waals surface area contributed by atoms with Gasteiger partial charge in [0.25, 0.3) is 5.91 Å². The monoisotopic (exact) mass is 383 g/mol. The molecule has 4 nitrogen and oxygen atoms in total. The predicted molar refractivity (Wildman–Crippen MR) is 83.6 cm³/mol. The second-order valence-electron chi connectivity index (χ2n) is 3.76. The number of halogens is 2. The van der Waals surface area contributed by atoms with Crippen LogP contribution in [0.25, 0.3) is 0 Å². The topological polar surface area (TPSA) is 54.0 Å². The number of nitrogens with one attached hydrogen (secondary N) is 2. The number of amides is 1. The summed E-state index contributed by atoms with van der Waals surface area (Å²) in [5, 5.41) is 5.74. The van der Waals surface area contributed by atoms with Crippen molar-refractivity contribution in [3.8, 4) is 0 Å². The van der Waals surface area contributed by atoms with Crippen molar-refractivity contribution in [2.45, 2.75) is 0 Å². The summed E-state index contributed by atoms with van der Waals surface area (Å²) >= 11 is 6.77. The van der Waals surface area contributed by atoms with E-state index in [1.54, 1.807) is 25.4 Å². The van der Waals surface area contributed by atoms with E-state index in [1.807, 2.05) is 18.2 Å². The number of anilines is 2. The van der Waals surface area contributed by atoms with Crippen LogP contribution >= 0.6 is 31.9 Å². The molecule has 1 amide bonds. The number of pyridine rings is 1. The first-order chi connectivity index (χ1) is 9.10. The van der Waals surface area contributed by atoms with Gasteiger partial charge in [0.1, 0.15) is 5.82 Å². The van der Waals surface area contributed by atoms with Crippen LogP contribution in [0.5, 0.6) is 0 Å². The summed E-state index contributed by atoms with van der Waals surface area (Å²) in [6, 6.07) is 8.93. The molecule has 0 bridgehead atoms. The number of hydrogen-bond donors (Lipinski definition) is 2. The van der Waals surface area contributed by atoms with Crippen LogP contribution in [0.15, 0.2) is 45.5 Å². The number of rotatable bonds is 3. The highest BCUT2D eigenvalue weighted by Crippen LogP contribution is 2.26. The van der Waals surface area contributed by atoms with Crippen molar-refractivity contribution in [2.75, 3.05) is 17.7 Å². The molecule has 0 radical (unpaired) electrons. The van der Waals surface area contributed by atoms with Crippen LogP contribution in [-0.2, 0) is 0 Å². The van der Waals surface area contributed by atoms with Crippen LogP contribution < -0.4 is 10.6 Å². The van der Waals surface area contributed by atoms with Crippen LogP contribution in [-0.4, -0.2) is 17.9 Å². The van der Waals surface area contributed by atoms with E-state index in [2.05, 4.69) is 47.5 Å². The Balaban J connectivity index is 2.20. The molecule has 0 spiro atoms. The zero-order valence-electron chi connectivity index (χ0n) is 10.1. The lowest BCUT2D eigenvalue weighted by Gasteiger charge is -2.08. The summed E-state index contributed by atoms with van der Waals surface area (Å²) in [7, 11) is 1.76. The average Bonchev–Trinajstić information content (AvgIpc) is 2.42. The van der Waals surface area contributed by atoms with Crippen molar-refractivity contribution >= 4 is 49.3 Å². The molecule has 0 unspecified atom stereocenters. The molecule has 98 valence electrons. The van der Waals surface area contributed by atoms with Crippen LogP contribution in [0.1, 0.15) is 10.4 Å². The van der Waals surface area contributed by atoms with Crippen LogP contribution in [0.3, 0.4) is 0 Å². The number of hydrogen-bond acceptors (Lipinski definition) is 3. The minimum absolute atomic E-state index is 0.179. The fourth-order valence-electron chi connectivity index (χ4n) is 1.49. The third kappa shape index (κ3) is 3.54. The number of carbonyl (C=O) groups excluding carboxylic acids is 1. The maximum absolute atomic E-state index is 12.1. The molecule has 0 atom stereocenters. The zero-order valence-corrected chi connectivity index (χ0v) is 13.2. The molecule has 0 saturated heterocycles. The third-order valence-corrected chi connectivity index (χ3v) is 3.61. The Morgan fingerprint density at radius 1 is 1.21 bits per heavy atom.